The summed E-state index contributed by atoms with van der Waals surface area (Å²) in [5.74, 6) is 1.90. The highest BCUT2D eigenvalue weighted by molar-refractivity contribution is 9.10. The lowest BCUT2D eigenvalue weighted by atomic mass is 9.90. The molecule has 0 radical (unpaired) electrons. The van der Waals surface area contributed by atoms with Gasteiger partial charge in [0.05, 0.1) is 14.2 Å². The zero-order valence-electron chi connectivity index (χ0n) is 11.7. The van der Waals surface area contributed by atoms with Crippen LogP contribution in [0.3, 0.4) is 0 Å². The Hall–Kier alpha value is -1.48. The quantitative estimate of drug-likeness (QED) is 0.789. The van der Waals surface area contributed by atoms with Crippen LogP contribution >= 0.6 is 15.9 Å². The number of ether oxygens (including phenoxy) is 2. The van der Waals surface area contributed by atoms with Crippen molar-refractivity contribution in [2.75, 3.05) is 14.2 Å². The molecule has 3 heteroatoms. The summed E-state index contributed by atoms with van der Waals surface area (Å²) in [6.07, 6.45) is 5.15. The van der Waals surface area contributed by atoms with Gasteiger partial charge in [-0.25, -0.2) is 0 Å². The highest BCUT2D eigenvalue weighted by atomic mass is 79.9. The first kappa shape index (κ1) is 13.5. The summed E-state index contributed by atoms with van der Waals surface area (Å²) in [5, 5.41) is 0. The van der Waals surface area contributed by atoms with Crippen LogP contribution in [-0.2, 0) is 9.47 Å². The minimum atomic E-state index is 0.909. The molecule has 0 bridgehead atoms. The predicted molar refractivity (Wildman–Crippen MR) is 84.0 cm³/mol. The Balaban J connectivity index is 2.00. The second-order valence-corrected chi connectivity index (χ2v) is 5.86. The molecule has 0 fully saturated rings. The van der Waals surface area contributed by atoms with Crippen molar-refractivity contribution in [1.82, 2.24) is 0 Å². The van der Waals surface area contributed by atoms with Crippen LogP contribution in [0, 0.1) is 0 Å². The molecule has 0 saturated heterocycles. The Labute approximate surface area is 127 Å². The molecule has 3 rings (SSSR count). The largest absolute Gasteiger partial charge is 0.497 e. The Kier molecular flexibility index (Phi) is 3.70. The molecular weight excluding hydrogens is 316 g/mol. The molecule has 2 nitrogen and oxygen atoms in total. The third-order valence-electron chi connectivity index (χ3n) is 3.93. The van der Waals surface area contributed by atoms with Crippen molar-refractivity contribution in [1.29, 1.82) is 0 Å². The van der Waals surface area contributed by atoms with E-state index in [1.54, 1.807) is 14.2 Å². The second-order valence-electron chi connectivity index (χ2n) is 4.95. The van der Waals surface area contributed by atoms with Gasteiger partial charge in [-0.2, -0.15) is 0 Å². The number of halogens is 1. The smallest absolute Gasteiger partial charge is 0.160 e. The van der Waals surface area contributed by atoms with Gasteiger partial charge in [-0.3, -0.25) is 0 Å². The lowest BCUT2D eigenvalue weighted by molar-refractivity contribution is 0.213. The number of benzene rings is 1. The van der Waals surface area contributed by atoms with Gasteiger partial charge in [0.15, 0.2) is 5.76 Å². The van der Waals surface area contributed by atoms with E-state index in [-0.39, 0.29) is 0 Å². The zero-order chi connectivity index (χ0) is 14.1. The molecule has 2 aliphatic rings. The monoisotopic (exact) mass is 332 g/mol. The van der Waals surface area contributed by atoms with E-state index in [2.05, 4.69) is 46.3 Å². The van der Waals surface area contributed by atoms with Crippen LogP contribution < -0.4 is 0 Å². The SMILES string of the molecule is COC1=C(OC)C2=C(CC1)C(c1ccc(Br)cc1)=CC2. The maximum Gasteiger partial charge on any atom is 0.160 e. The van der Waals surface area contributed by atoms with E-state index in [9.17, 15) is 0 Å². The highest BCUT2D eigenvalue weighted by Crippen LogP contribution is 2.44. The predicted octanol–water partition coefficient (Wildman–Crippen LogP) is 4.83. The molecular formula is C17H17BrO2. The Bertz CT molecular complexity index is 621. The molecule has 1 aromatic rings. The summed E-state index contributed by atoms with van der Waals surface area (Å²) >= 11 is 3.49. The molecule has 1 aromatic carbocycles. The maximum atomic E-state index is 5.57. The van der Waals surface area contributed by atoms with E-state index in [0.29, 0.717) is 0 Å². The molecule has 0 heterocycles. The van der Waals surface area contributed by atoms with Crippen molar-refractivity contribution in [2.24, 2.45) is 0 Å². The number of hydrogen-bond donors (Lipinski definition) is 0. The first-order chi connectivity index (χ1) is 9.74. The summed E-state index contributed by atoms with van der Waals surface area (Å²) < 4.78 is 12.1. The molecule has 0 N–H and O–H groups in total. The molecule has 0 saturated carbocycles. The van der Waals surface area contributed by atoms with E-state index >= 15 is 0 Å². The average Bonchev–Trinajstić information content (AvgIpc) is 2.91. The Morgan fingerprint density at radius 1 is 0.950 bits per heavy atom. The Morgan fingerprint density at radius 2 is 1.70 bits per heavy atom. The van der Waals surface area contributed by atoms with Crippen molar-refractivity contribution < 1.29 is 9.47 Å². The summed E-state index contributed by atoms with van der Waals surface area (Å²) in [5.41, 5.74) is 5.31. The van der Waals surface area contributed by atoms with E-state index in [0.717, 1.165) is 35.3 Å². The van der Waals surface area contributed by atoms with Crippen LogP contribution in [-0.4, -0.2) is 14.2 Å². The zero-order valence-corrected chi connectivity index (χ0v) is 13.3. The molecule has 20 heavy (non-hydrogen) atoms. The lowest BCUT2D eigenvalue weighted by Gasteiger charge is -2.22. The first-order valence-electron chi connectivity index (χ1n) is 6.74. The highest BCUT2D eigenvalue weighted by Gasteiger charge is 2.28. The van der Waals surface area contributed by atoms with E-state index in [4.69, 9.17) is 9.47 Å². The van der Waals surface area contributed by atoms with E-state index < -0.39 is 0 Å². The first-order valence-corrected chi connectivity index (χ1v) is 7.54. The van der Waals surface area contributed by atoms with Crippen LogP contribution in [0.15, 0.2) is 57.5 Å². The molecule has 0 unspecified atom stereocenters. The minimum absolute atomic E-state index is 0.909. The van der Waals surface area contributed by atoms with Crippen molar-refractivity contribution in [3.05, 3.63) is 63.0 Å². The van der Waals surface area contributed by atoms with Gasteiger partial charge in [0.2, 0.25) is 0 Å². The van der Waals surface area contributed by atoms with Crippen LogP contribution in [0.25, 0.3) is 5.57 Å². The summed E-state index contributed by atoms with van der Waals surface area (Å²) in [6, 6.07) is 8.50. The number of methoxy groups -OCH3 is 2. The fourth-order valence-corrected chi connectivity index (χ4v) is 3.27. The van der Waals surface area contributed by atoms with Gasteiger partial charge >= 0.3 is 0 Å². The topological polar surface area (TPSA) is 18.5 Å². The molecule has 0 spiro atoms. The number of rotatable bonds is 3. The Morgan fingerprint density at radius 3 is 2.35 bits per heavy atom. The van der Waals surface area contributed by atoms with Crippen LogP contribution in [0.2, 0.25) is 0 Å². The van der Waals surface area contributed by atoms with Gasteiger partial charge in [-0.15, -0.1) is 0 Å². The van der Waals surface area contributed by atoms with Gasteiger partial charge in [-0.1, -0.05) is 34.1 Å². The standard InChI is InChI=1S/C17H17BrO2/c1-19-16-10-9-14-13(7-8-15(14)17(16)20-2)11-3-5-12(18)6-4-11/h3-7H,8-10H2,1-2H3. The van der Waals surface area contributed by atoms with E-state index in [1.165, 1.54) is 22.3 Å². The van der Waals surface area contributed by atoms with Crippen molar-refractivity contribution in [3.63, 3.8) is 0 Å². The molecule has 0 aromatic heterocycles. The third-order valence-corrected chi connectivity index (χ3v) is 4.46. The van der Waals surface area contributed by atoms with Gasteiger partial charge < -0.3 is 9.47 Å². The minimum Gasteiger partial charge on any atom is -0.497 e. The molecule has 2 aliphatic carbocycles. The average molecular weight is 333 g/mol. The molecule has 0 atom stereocenters. The molecule has 0 amide bonds. The molecule has 104 valence electrons. The van der Waals surface area contributed by atoms with Crippen molar-refractivity contribution in [3.8, 4) is 0 Å². The fourth-order valence-electron chi connectivity index (χ4n) is 3.00. The van der Waals surface area contributed by atoms with Gasteiger partial charge in [0.25, 0.3) is 0 Å². The van der Waals surface area contributed by atoms with Crippen molar-refractivity contribution in [2.45, 2.75) is 19.3 Å². The summed E-state index contributed by atoms with van der Waals surface area (Å²) in [7, 11) is 3.44. The van der Waals surface area contributed by atoms with Gasteiger partial charge in [0, 0.05) is 16.5 Å². The fraction of sp³-hybridized carbons (Fsp3) is 0.294. The van der Waals surface area contributed by atoms with E-state index in [1.807, 2.05) is 0 Å². The second kappa shape index (κ2) is 5.49. The van der Waals surface area contributed by atoms with Crippen LogP contribution in [0.1, 0.15) is 24.8 Å². The number of hydrogen-bond acceptors (Lipinski definition) is 2. The molecule has 0 aliphatic heterocycles. The van der Waals surface area contributed by atoms with Gasteiger partial charge in [0.1, 0.15) is 5.76 Å². The number of allylic oxidation sites excluding steroid dienone is 5. The van der Waals surface area contributed by atoms with Gasteiger partial charge in [-0.05, 0) is 41.7 Å². The van der Waals surface area contributed by atoms with Crippen LogP contribution in [0.5, 0.6) is 0 Å². The lowest BCUT2D eigenvalue weighted by Crippen LogP contribution is -2.07. The summed E-state index contributed by atoms with van der Waals surface area (Å²) in [4.78, 5) is 0. The summed E-state index contributed by atoms with van der Waals surface area (Å²) in [6.45, 7) is 0. The maximum absolute atomic E-state index is 5.57. The van der Waals surface area contributed by atoms with Crippen LogP contribution in [0.4, 0.5) is 0 Å². The normalized spacial score (nSPS) is 18.1. The van der Waals surface area contributed by atoms with Crippen molar-refractivity contribution >= 4 is 21.5 Å². The third kappa shape index (κ3) is 2.20.